The number of rotatable bonds is 10. The Hall–Kier alpha value is -2.39. The third-order valence-corrected chi connectivity index (χ3v) is 7.37. The van der Waals surface area contributed by atoms with E-state index in [-0.39, 0.29) is 18.5 Å². The molecule has 0 saturated carbocycles. The Morgan fingerprint density at radius 1 is 1.06 bits per heavy atom. The van der Waals surface area contributed by atoms with E-state index in [9.17, 15) is 18.0 Å². The van der Waals surface area contributed by atoms with Gasteiger partial charge < -0.3 is 10.2 Å². The number of carbonyl (C=O) groups excluding carboxylic acids is 2. The topological polar surface area (TPSA) is 86.8 Å². The lowest BCUT2D eigenvalue weighted by Gasteiger charge is -2.32. The van der Waals surface area contributed by atoms with Crippen molar-refractivity contribution in [2.75, 3.05) is 17.1 Å². The number of aryl methyl sites for hydroxylation is 1. The van der Waals surface area contributed by atoms with Crippen molar-refractivity contribution in [3.8, 4) is 0 Å². The number of nitrogens with zero attached hydrogens (tertiary/aromatic N) is 2. The van der Waals surface area contributed by atoms with Gasteiger partial charge in [-0.3, -0.25) is 13.9 Å². The predicted octanol–water partition coefficient (Wildman–Crippen LogP) is 3.86. The molecule has 2 atom stereocenters. The number of benzene rings is 2. The number of halogens is 1. The number of amides is 2. The molecule has 0 heterocycles. The SMILES string of the molecule is CCC(C)NC(=O)C(C)N(Cc1ccccc1C)C(=O)CN(c1ccccc1Br)S(C)(=O)=O. The summed E-state index contributed by atoms with van der Waals surface area (Å²) in [5.41, 5.74) is 2.23. The minimum atomic E-state index is -3.76. The Morgan fingerprint density at radius 2 is 1.67 bits per heavy atom. The van der Waals surface area contributed by atoms with E-state index in [4.69, 9.17) is 0 Å². The van der Waals surface area contributed by atoms with Crippen LogP contribution in [0.2, 0.25) is 0 Å². The van der Waals surface area contributed by atoms with Crippen molar-refractivity contribution in [3.05, 3.63) is 64.1 Å². The zero-order chi connectivity index (χ0) is 24.8. The van der Waals surface area contributed by atoms with Gasteiger partial charge in [0.2, 0.25) is 21.8 Å². The molecule has 0 aliphatic rings. The molecule has 9 heteroatoms. The molecule has 2 aromatic rings. The lowest BCUT2D eigenvalue weighted by Crippen LogP contribution is -2.52. The van der Waals surface area contributed by atoms with Gasteiger partial charge in [-0.1, -0.05) is 43.3 Å². The van der Waals surface area contributed by atoms with Crippen LogP contribution in [0.3, 0.4) is 0 Å². The molecule has 2 unspecified atom stereocenters. The molecule has 0 radical (unpaired) electrons. The lowest BCUT2D eigenvalue weighted by molar-refractivity contribution is -0.139. The molecule has 0 aliphatic carbocycles. The largest absolute Gasteiger partial charge is 0.352 e. The number of carbonyl (C=O) groups is 2. The molecule has 0 aliphatic heterocycles. The average molecular weight is 539 g/mol. The standard InChI is InChI=1S/C24H32BrN3O4S/c1-6-18(3)26-24(30)19(4)27(15-20-12-8-7-11-17(20)2)23(29)16-28(33(5,31)32)22-14-10-9-13-21(22)25/h7-14,18-19H,6,15-16H2,1-5H3,(H,26,30). The van der Waals surface area contributed by atoms with Crippen molar-refractivity contribution in [1.82, 2.24) is 10.2 Å². The molecule has 1 N–H and O–H groups in total. The number of para-hydroxylation sites is 1. The third kappa shape index (κ3) is 7.30. The fraction of sp³-hybridized carbons (Fsp3) is 0.417. The molecule has 2 aromatic carbocycles. The molecule has 180 valence electrons. The normalized spacial score (nSPS) is 13.2. The summed E-state index contributed by atoms with van der Waals surface area (Å²) in [7, 11) is -3.76. The Labute approximate surface area is 205 Å². The van der Waals surface area contributed by atoms with Gasteiger partial charge in [0, 0.05) is 17.1 Å². The van der Waals surface area contributed by atoms with Gasteiger partial charge in [0.25, 0.3) is 0 Å². The summed E-state index contributed by atoms with van der Waals surface area (Å²) in [5.74, 6) is -0.746. The first-order valence-electron chi connectivity index (χ1n) is 10.8. The van der Waals surface area contributed by atoms with Crippen LogP contribution in [0.1, 0.15) is 38.3 Å². The van der Waals surface area contributed by atoms with Crippen molar-refractivity contribution in [1.29, 1.82) is 0 Å². The van der Waals surface area contributed by atoms with Crippen LogP contribution in [0.5, 0.6) is 0 Å². The fourth-order valence-corrected chi connectivity index (χ4v) is 4.75. The molecule has 2 amide bonds. The number of nitrogens with one attached hydrogen (secondary N) is 1. The van der Waals surface area contributed by atoms with Crippen LogP contribution in [0.4, 0.5) is 5.69 Å². The molecule has 0 fully saturated rings. The first kappa shape index (κ1) is 26.9. The molecule has 33 heavy (non-hydrogen) atoms. The summed E-state index contributed by atoms with van der Waals surface area (Å²) in [6.07, 6.45) is 1.82. The van der Waals surface area contributed by atoms with E-state index in [1.807, 2.05) is 45.0 Å². The molecule has 0 spiro atoms. The second-order valence-electron chi connectivity index (χ2n) is 8.16. The van der Waals surface area contributed by atoms with Crippen LogP contribution in [-0.2, 0) is 26.2 Å². The second kappa shape index (κ2) is 11.7. The van der Waals surface area contributed by atoms with Crippen LogP contribution in [0, 0.1) is 6.92 Å². The summed E-state index contributed by atoms with van der Waals surface area (Å²) in [6, 6.07) is 13.6. The van der Waals surface area contributed by atoms with E-state index in [1.165, 1.54) is 4.90 Å². The highest BCUT2D eigenvalue weighted by molar-refractivity contribution is 9.10. The van der Waals surface area contributed by atoms with E-state index in [0.29, 0.717) is 10.2 Å². The number of anilines is 1. The van der Waals surface area contributed by atoms with Crippen molar-refractivity contribution >= 4 is 43.5 Å². The zero-order valence-corrected chi connectivity index (χ0v) is 22.1. The van der Waals surface area contributed by atoms with E-state index in [0.717, 1.165) is 28.1 Å². The summed E-state index contributed by atoms with van der Waals surface area (Å²) >= 11 is 3.37. The van der Waals surface area contributed by atoms with Crippen LogP contribution >= 0.6 is 15.9 Å². The summed E-state index contributed by atoms with van der Waals surface area (Å²) in [6.45, 7) is 7.23. The molecule has 0 bridgehead atoms. The second-order valence-corrected chi connectivity index (χ2v) is 10.9. The predicted molar refractivity (Wildman–Crippen MR) is 135 cm³/mol. The van der Waals surface area contributed by atoms with Gasteiger partial charge in [-0.25, -0.2) is 8.42 Å². The Kier molecular flexibility index (Phi) is 9.48. The summed E-state index contributed by atoms with van der Waals surface area (Å²) in [4.78, 5) is 27.9. The van der Waals surface area contributed by atoms with Gasteiger partial charge in [-0.2, -0.15) is 0 Å². The van der Waals surface area contributed by atoms with E-state index >= 15 is 0 Å². The molecular weight excluding hydrogens is 506 g/mol. The first-order valence-corrected chi connectivity index (χ1v) is 13.5. The van der Waals surface area contributed by atoms with Crippen LogP contribution in [0.25, 0.3) is 0 Å². The number of sulfonamides is 1. The Morgan fingerprint density at radius 3 is 2.24 bits per heavy atom. The molecule has 2 rings (SSSR count). The van der Waals surface area contributed by atoms with E-state index < -0.39 is 28.5 Å². The number of hydrogen-bond acceptors (Lipinski definition) is 4. The molecular formula is C24H32BrN3O4S. The van der Waals surface area contributed by atoms with Crippen molar-refractivity contribution in [3.63, 3.8) is 0 Å². The number of hydrogen-bond donors (Lipinski definition) is 1. The zero-order valence-electron chi connectivity index (χ0n) is 19.7. The van der Waals surface area contributed by atoms with Gasteiger partial charge >= 0.3 is 0 Å². The molecule has 0 aromatic heterocycles. The highest BCUT2D eigenvalue weighted by atomic mass is 79.9. The monoisotopic (exact) mass is 537 g/mol. The van der Waals surface area contributed by atoms with Crippen LogP contribution in [-0.4, -0.2) is 50.0 Å². The van der Waals surface area contributed by atoms with Gasteiger partial charge in [0.15, 0.2) is 0 Å². The van der Waals surface area contributed by atoms with Gasteiger partial charge in [0.05, 0.1) is 11.9 Å². The quantitative estimate of drug-likeness (QED) is 0.498. The highest BCUT2D eigenvalue weighted by Crippen LogP contribution is 2.28. The smallest absolute Gasteiger partial charge is 0.244 e. The first-order chi connectivity index (χ1) is 15.5. The Balaban J connectivity index is 2.41. The van der Waals surface area contributed by atoms with Gasteiger partial charge in [0.1, 0.15) is 12.6 Å². The van der Waals surface area contributed by atoms with Crippen molar-refractivity contribution < 1.29 is 18.0 Å². The van der Waals surface area contributed by atoms with Gasteiger partial charge in [-0.05, 0) is 66.4 Å². The highest BCUT2D eigenvalue weighted by Gasteiger charge is 2.31. The molecule has 7 nitrogen and oxygen atoms in total. The van der Waals surface area contributed by atoms with Crippen molar-refractivity contribution in [2.24, 2.45) is 0 Å². The van der Waals surface area contributed by atoms with Gasteiger partial charge in [-0.15, -0.1) is 0 Å². The molecule has 0 saturated heterocycles. The van der Waals surface area contributed by atoms with E-state index in [1.54, 1.807) is 31.2 Å². The lowest BCUT2D eigenvalue weighted by atomic mass is 10.1. The van der Waals surface area contributed by atoms with Crippen LogP contribution in [0.15, 0.2) is 53.0 Å². The maximum atomic E-state index is 13.5. The minimum Gasteiger partial charge on any atom is -0.352 e. The summed E-state index contributed by atoms with van der Waals surface area (Å²) < 4.78 is 26.8. The fourth-order valence-electron chi connectivity index (χ4n) is 3.27. The summed E-state index contributed by atoms with van der Waals surface area (Å²) in [5, 5.41) is 2.92. The minimum absolute atomic E-state index is 0.0387. The third-order valence-electron chi connectivity index (χ3n) is 5.57. The Bertz CT molecular complexity index is 1090. The van der Waals surface area contributed by atoms with Crippen LogP contribution < -0.4 is 9.62 Å². The average Bonchev–Trinajstić information content (AvgIpc) is 2.76. The maximum absolute atomic E-state index is 13.5. The van der Waals surface area contributed by atoms with E-state index in [2.05, 4.69) is 21.2 Å². The van der Waals surface area contributed by atoms with Crippen molar-refractivity contribution in [2.45, 2.75) is 52.7 Å². The maximum Gasteiger partial charge on any atom is 0.244 e.